The summed E-state index contributed by atoms with van der Waals surface area (Å²) in [5.74, 6) is -0.404. The topological polar surface area (TPSA) is 116 Å². The predicted molar refractivity (Wildman–Crippen MR) is 169 cm³/mol. The number of benzene rings is 2. The Morgan fingerprint density at radius 2 is 1.73 bits per heavy atom. The van der Waals surface area contributed by atoms with Crippen molar-refractivity contribution in [3.05, 3.63) is 91.8 Å². The standard InChI is InChI=1S/C32H31Cl2N5O5/c1-5-44-32(42)19-15-39(16-19)17-24-18(2)14-26(37-30(24)43-4)22-10-6-8-20(27(22)33)21-9-7-11-25(28(21)34)36-29(40)23-12-13-35-38(3)31(23)41/h6-14,19H,5,15-17H2,1-4H3,(H,36,40). The summed E-state index contributed by atoms with van der Waals surface area (Å²) in [4.78, 5) is 44.2. The average Bonchev–Trinajstić information content (AvgIpc) is 2.98. The Hall–Kier alpha value is -4.25. The van der Waals surface area contributed by atoms with Gasteiger partial charge in [-0.3, -0.25) is 19.3 Å². The van der Waals surface area contributed by atoms with Crippen molar-refractivity contribution >= 4 is 40.8 Å². The van der Waals surface area contributed by atoms with Gasteiger partial charge < -0.3 is 14.8 Å². The molecule has 4 aromatic rings. The van der Waals surface area contributed by atoms with Gasteiger partial charge in [-0.2, -0.15) is 5.10 Å². The molecule has 5 rings (SSSR count). The zero-order valence-corrected chi connectivity index (χ0v) is 26.2. The van der Waals surface area contributed by atoms with E-state index in [1.807, 2.05) is 31.2 Å². The lowest BCUT2D eigenvalue weighted by molar-refractivity contribution is -0.154. The molecule has 10 nitrogen and oxygen atoms in total. The summed E-state index contributed by atoms with van der Waals surface area (Å²) in [5.41, 5.74) is 4.17. The van der Waals surface area contributed by atoms with Crippen LogP contribution in [-0.2, 0) is 23.1 Å². The van der Waals surface area contributed by atoms with Crippen LogP contribution in [0.2, 0.25) is 10.0 Å². The number of methoxy groups -OCH3 is 1. The Labute approximate surface area is 264 Å². The SMILES string of the molecule is CCOC(=O)C1CN(Cc2c(C)cc(-c3cccc(-c4cccc(NC(=O)c5ccnn(C)c5=O)c4Cl)c3Cl)nc2OC)C1. The van der Waals surface area contributed by atoms with Crippen LogP contribution in [0.3, 0.4) is 0 Å². The van der Waals surface area contributed by atoms with E-state index in [4.69, 9.17) is 37.7 Å². The van der Waals surface area contributed by atoms with Crippen LogP contribution >= 0.6 is 23.2 Å². The van der Waals surface area contributed by atoms with Crippen molar-refractivity contribution in [2.75, 3.05) is 32.1 Å². The minimum absolute atomic E-state index is 0.0595. The number of hydrogen-bond acceptors (Lipinski definition) is 8. The third-order valence-electron chi connectivity index (χ3n) is 7.52. The van der Waals surface area contributed by atoms with E-state index in [1.54, 1.807) is 32.2 Å². The summed E-state index contributed by atoms with van der Waals surface area (Å²) in [6, 6.07) is 14.1. The molecule has 1 aliphatic heterocycles. The van der Waals surface area contributed by atoms with Crippen molar-refractivity contribution in [2.45, 2.75) is 20.4 Å². The highest BCUT2D eigenvalue weighted by atomic mass is 35.5. The van der Waals surface area contributed by atoms with E-state index in [9.17, 15) is 14.4 Å². The number of aryl methyl sites for hydroxylation is 2. The third kappa shape index (κ3) is 6.19. The van der Waals surface area contributed by atoms with Crippen LogP contribution in [0.25, 0.3) is 22.4 Å². The van der Waals surface area contributed by atoms with E-state index in [2.05, 4.69) is 15.3 Å². The normalized spacial score (nSPS) is 13.3. The van der Waals surface area contributed by atoms with Gasteiger partial charge in [0.05, 0.1) is 41.1 Å². The molecule has 1 N–H and O–H groups in total. The first kappa shape index (κ1) is 31.2. The molecule has 2 aromatic heterocycles. The van der Waals surface area contributed by atoms with E-state index >= 15 is 0 Å². The molecule has 0 atom stereocenters. The summed E-state index contributed by atoms with van der Waals surface area (Å²) in [7, 11) is 3.04. The van der Waals surface area contributed by atoms with Gasteiger partial charge in [-0.25, -0.2) is 9.67 Å². The lowest BCUT2D eigenvalue weighted by atomic mass is 9.97. The minimum Gasteiger partial charge on any atom is -0.481 e. The lowest BCUT2D eigenvalue weighted by Crippen LogP contribution is -2.50. The first-order valence-corrected chi connectivity index (χ1v) is 14.7. The molecule has 228 valence electrons. The van der Waals surface area contributed by atoms with Crippen molar-refractivity contribution in [1.82, 2.24) is 19.7 Å². The van der Waals surface area contributed by atoms with E-state index in [0.29, 0.717) is 65.2 Å². The molecule has 0 spiro atoms. The van der Waals surface area contributed by atoms with Crippen molar-refractivity contribution in [3.8, 4) is 28.3 Å². The van der Waals surface area contributed by atoms with Crippen LogP contribution < -0.4 is 15.6 Å². The maximum Gasteiger partial charge on any atom is 0.311 e. The third-order valence-corrected chi connectivity index (χ3v) is 8.34. The van der Waals surface area contributed by atoms with Crippen LogP contribution in [-0.4, -0.2) is 58.3 Å². The second-order valence-corrected chi connectivity index (χ2v) is 11.2. The Morgan fingerprint density at radius 1 is 1.05 bits per heavy atom. The zero-order chi connectivity index (χ0) is 31.5. The van der Waals surface area contributed by atoms with Crippen LogP contribution in [0.15, 0.2) is 59.5 Å². The number of ether oxygens (including phenoxy) is 2. The molecule has 3 heterocycles. The van der Waals surface area contributed by atoms with E-state index in [1.165, 1.54) is 19.3 Å². The van der Waals surface area contributed by atoms with Gasteiger partial charge in [0.25, 0.3) is 11.5 Å². The molecule has 0 unspecified atom stereocenters. The summed E-state index contributed by atoms with van der Waals surface area (Å²) in [6.45, 7) is 6.00. The fraction of sp³-hybridized carbons (Fsp3) is 0.281. The second-order valence-electron chi connectivity index (χ2n) is 10.4. The van der Waals surface area contributed by atoms with Crippen LogP contribution in [0, 0.1) is 12.8 Å². The Kier molecular flexibility index (Phi) is 9.33. The quantitative estimate of drug-likeness (QED) is 0.244. The number of halogens is 2. The first-order chi connectivity index (χ1) is 21.1. The van der Waals surface area contributed by atoms with Gasteiger partial charge in [0.1, 0.15) is 5.56 Å². The average molecular weight is 637 g/mol. The van der Waals surface area contributed by atoms with Crippen LogP contribution in [0.4, 0.5) is 5.69 Å². The fourth-order valence-corrected chi connectivity index (χ4v) is 5.74. The van der Waals surface area contributed by atoms with Crippen molar-refractivity contribution < 1.29 is 19.1 Å². The number of pyridine rings is 1. The van der Waals surface area contributed by atoms with E-state index in [0.717, 1.165) is 15.8 Å². The molecule has 1 fully saturated rings. The number of carbonyl (C=O) groups is 2. The minimum atomic E-state index is -0.603. The number of hydrogen-bond donors (Lipinski definition) is 1. The second kappa shape index (κ2) is 13.2. The monoisotopic (exact) mass is 635 g/mol. The fourth-order valence-electron chi connectivity index (χ4n) is 5.14. The van der Waals surface area contributed by atoms with Crippen LogP contribution in [0.1, 0.15) is 28.4 Å². The molecule has 2 aromatic carbocycles. The number of rotatable bonds is 9. The smallest absolute Gasteiger partial charge is 0.311 e. The van der Waals surface area contributed by atoms with Gasteiger partial charge in [0.15, 0.2) is 0 Å². The van der Waals surface area contributed by atoms with E-state index < -0.39 is 11.5 Å². The summed E-state index contributed by atoms with van der Waals surface area (Å²) >= 11 is 13.8. The predicted octanol–water partition coefficient (Wildman–Crippen LogP) is 5.38. The summed E-state index contributed by atoms with van der Waals surface area (Å²) in [5, 5.41) is 7.26. The molecular formula is C32H31Cl2N5O5. The number of aromatic nitrogens is 3. The molecule has 0 aliphatic carbocycles. The van der Waals surface area contributed by atoms with Crippen molar-refractivity contribution in [1.29, 1.82) is 0 Å². The highest BCUT2D eigenvalue weighted by molar-refractivity contribution is 6.39. The number of carbonyl (C=O) groups excluding carboxylic acids is 2. The molecule has 0 saturated carbocycles. The molecule has 1 amide bonds. The number of anilines is 1. The summed E-state index contributed by atoms with van der Waals surface area (Å²) < 4.78 is 11.9. The van der Waals surface area contributed by atoms with Crippen LogP contribution in [0.5, 0.6) is 5.88 Å². The summed E-state index contributed by atoms with van der Waals surface area (Å²) in [6.07, 6.45) is 1.38. The van der Waals surface area contributed by atoms with E-state index in [-0.39, 0.29) is 22.5 Å². The highest BCUT2D eigenvalue weighted by Gasteiger charge is 2.34. The van der Waals surface area contributed by atoms with Gasteiger partial charge in [-0.15, -0.1) is 0 Å². The number of nitrogens with one attached hydrogen (secondary N) is 1. The van der Waals surface area contributed by atoms with Gasteiger partial charge in [-0.1, -0.05) is 53.5 Å². The number of likely N-dealkylation sites (tertiary alicyclic amines) is 1. The zero-order valence-electron chi connectivity index (χ0n) is 24.7. The Morgan fingerprint density at radius 3 is 2.43 bits per heavy atom. The van der Waals surface area contributed by atoms with Gasteiger partial charge in [-0.05, 0) is 37.6 Å². The number of amides is 1. The number of nitrogens with zero attached hydrogens (tertiary/aromatic N) is 4. The van der Waals surface area contributed by atoms with Gasteiger partial charge in [0.2, 0.25) is 5.88 Å². The maximum absolute atomic E-state index is 12.9. The maximum atomic E-state index is 12.9. The Bertz CT molecular complexity index is 1800. The first-order valence-electron chi connectivity index (χ1n) is 14.0. The largest absolute Gasteiger partial charge is 0.481 e. The lowest BCUT2D eigenvalue weighted by Gasteiger charge is -2.37. The molecule has 0 radical (unpaired) electrons. The highest BCUT2D eigenvalue weighted by Crippen LogP contribution is 2.42. The van der Waals surface area contributed by atoms with Gasteiger partial charge >= 0.3 is 5.97 Å². The molecule has 1 saturated heterocycles. The molecule has 0 bridgehead atoms. The molecule has 1 aliphatic rings. The van der Waals surface area contributed by atoms with Gasteiger partial charge in [0, 0.05) is 55.1 Å². The molecule has 12 heteroatoms. The molecular weight excluding hydrogens is 605 g/mol. The number of esters is 1. The van der Waals surface area contributed by atoms with Crippen molar-refractivity contribution in [3.63, 3.8) is 0 Å². The Balaban J connectivity index is 1.42. The molecule has 44 heavy (non-hydrogen) atoms. The van der Waals surface area contributed by atoms with Crippen molar-refractivity contribution in [2.24, 2.45) is 13.0 Å².